The maximum atomic E-state index is 5.63. The van der Waals surface area contributed by atoms with Gasteiger partial charge in [-0.3, -0.25) is 0 Å². The Morgan fingerprint density at radius 2 is 2.12 bits per heavy atom. The fourth-order valence-electron chi connectivity index (χ4n) is 3.22. The standard InChI is InChI=1S/C19H21N3O2S/c1-23-17-5-2-4-16(12-17)22-9-7-21(8-10-22)13-15-14-24-19(20-15)18-6-3-11-25-18/h2-6,11-12,14H,7-10,13H2,1H3/p+1. The number of nitrogens with zero attached hydrogens (tertiary/aromatic N) is 2. The van der Waals surface area contributed by atoms with Crippen LogP contribution in [0.3, 0.4) is 0 Å². The summed E-state index contributed by atoms with van der Waals surface area (Å²) in [6.45, 7) is 5.19. The molecular weight excluding hydrogens is 334 g/mol. The van der Waals surface area contributed by atoms with Gasteiger partial charge in [-0.05, 0) is 23.6 Å². The molecule has 1 aliphatic heterocycles. The maximum absolute atomic E-state index is 5.63. The molecule has 0 saturated carbocycles. The van der Waals surface area contributed by atoms with Gasteiger partial charge in [-0.25, -0.2) is 4.98 Å². The summed E-state index contributed by atoms with van der Waals surface area (Å²) in [5, 5.41) is 2.04. The Kier molecular flexibility index (Phi) is 4.72. The summed E-state index contributed by atoms with van der Waals surface area (Å²) in [5.74, 6) is 1.65. The summed E-state index contributed by atoms with van der Waals surface area (Å²) in [6.07, 6.45) is 1.80. The number of oxazole rings is 1. The number of benzene rings is 1. The van der Waals surface area contributed by atoms with E-state index in [-0.39, 0.29) is 0 Å². The zero-order chi connectivity index (χ0) is 17.1. The molecule has 0 spiro atoms. The average Bonchev–Trinajstić information content (AvgIpc) is 3.34. The number of aromatic nitrogens is 1. The molecule has 0 radical (unpaired) electrons. The summed E-state index contributed by atoms with van der Waals surface area (Å²) < 4.78 is 11.0. The third-order valence-corrected chi connectivity index (χ3v) is 5.46. The minimum absolute atomic E-state index is 0.736. The number of hydrogen-bond donors (Lipinski definition) is 1. The Labute approximate surface area is 151 Å². The molecule has 2 aromatic heterocycles. The molecule has 1 aliphatic rings. The number of quaternary nitrogens is 1. The van der Waals surface area contributed by atoms with Gasteiger partial charge in [0.25, 0.3) is 0 Å². The lowest BCUT2D eigenvalue weighted by Crippen LogP contribution is -3.13. The highest BCUT2D eigenvalue weighted by Crippen LogP contribution is 2.23. The first-order valence-electron chi connectivity index (χ1n) is 8.52. The van der Waals surface area contributed by atoms with Gasteiger partial charge in [0.05, 0.1) is 38.2 Å². The van der Waals surface area contributed by atoms with E-state index in [0.29, 0.717) is 0 Å². The van der Waals surface area contributed by atoms with Crippen LogP contribution >= 0.6 is 11.3 Å². The topological polar surface area (TPSA) is 42.9 Å². The van der Waals surface area contributed by atoms with E-state index in [4.69, 9.17) is 9.15 Å². The predicted octanol–water partition coefficient (Wildman–Crippen LogP) is 2.32. The molecule has 0 atom stereocenters. The van der Waals surface area contributed by atoms with E-state index < -0.39 is 0 Å². The van der Waals surface area contributed by atoms with Crippen LogP contribution in [0.2, 0.25) is 0 Å². The molecule has 0 bridgehead atoms. The van der Waals surface area contributed by atoms with Crippen molar-refractivity contribution in [2.24, 2.45) is 0 Å². The van der Waals surface area contributed by atoms with E-state index in [0.717, 1.165) is 54.9 Å². The van der Waals surface area contributed by atoms with Gasteiger partial charge >= 0.3 is 0 Å². The molecule has 1 N–H and O–H groups in total. The molecule has 25 heavy (non-hydrogen) atoms. The summed E-state index contributed by atoms with van der Waals surface area (Å²) in [5.41, 5.74) is 2.27. The molecule has 4 rings (SSSR count). The van der Waals surface area contributed by atoms with Crippen molar-refractivity contribution in [1.29, 1.82) is 0 Å². The number of hydrogen-bond acceptors (Lipinski definition) is 5. The Morgan fingerprint density at radius 1 is 1.24 bits per heavy atom. The minimum Gasteiger partial charge on any atom is -0.497 e. The summed E-state index contributed by atoms with van der Waals surface area (Å²) in [7, 11) is 1.71. The fourth-order valence-corrected chi connectivity index (χ4v) is 3.88. The average molecular weight is 356 g/mol. The molecule has 1 aromatic carbocycles. The number of thiophene rings is 1. The largest absolute Gasteiger partial charge is 0.497 e. The highest BCUT2D eigenvalue weighted by atomic mass is 32.1. The lowest BCUT2D eigenvalue weighted by molar-refractivity contribution is -0.914. The second kappa shape index (κ2) is 7.29. The summed E-state index contributed by atoms with van der Waals surface area (Å²) in [6, 6.07) is 12.4. The van der Waals surface area contributed by atoms with Crippen molar-refractivity contribution in [3.05, 3.63) is 53.7 Å². The van der Waals surface area contributed by atoms with Crippen molar-refractivity contribution >= 4 is 17.0 Å². The van der Waals surface area contributed by atoms with E-state index in [9.17, 15) is 0 Å². The molecule has 0 unspecified atom stereocenters. The van der Waals surface area contributed by atoms with Crippen molar-refractivity contribution < 1.29 is 14.1 Å². The van der Waals surface area contributed by atoms with Crippen molar-refractivity contribution in [3.63, 3.8) is 0 Å². The van der Waals surface area contributed by atoms with E-state index in [1.54, 1.807) is 29.6 Å². The van der Waals surface area contributed by atoms with E-state index in [1.165, 1.54) is 5.69 Å². The maximum Gasteiger partial charge on any atom is 0.236 e. The lowest BCUT2D eigenvalue weighted by Gasteiger charge is -2.33. The van der Waals surface area contributed by atoms with Gasteiger partial charge in [-0.1, -0.05) is 12.1 Å². The van der Waals surface area contributed by atoms with E-state index >= 15 is 0 Å². The number of rotatable bonds is 5. The van der Waals surface area contributed by atoms with Crippen molar-refractivity contribution in [2.75, 3.05) is 38.2 Å². The second-order valence-corrected chi connectivity index (χ2v) is 7.18. The third-order valence-electron chi connectivity index (χ3n) is 4.60. The number of ether oxygens (including phenoxy) is 1. The molecule has 3 aromatic rings. The van der Waals surface area contributed by atoms with E-state index in [2.05, 4.69) is 28.1 Å². The highest BCUT2D eigenvalue weighted by molar-refractivity contribution is 7.13. The van der Waals surface area contributed by atoms with Gasteiger partial charge in [0.2, 0.25) is 5.89 Å². The smallest absolute Gasteiger partial charge is 0.236 e. The van der Waals surface area contributed by atoms with Crippen LogP contribution in [0.15, 0.2) is 52.5 Å². The molecule has 1 saturated heterocycles. The van der Waals surface area contributed by atoms with Crippen LogP contribution in [0.1, 0.15) is 5.69 Å². The second-order valence-electron chi connectivity index (χ2n) is 6.24. The van der Waals surface area contributed by atoms with E-state index in [1.807, 2.05) is 23.6 Å². The van der Waals surface area contributed by atoms with Gasteiger partial charge in [0.15, 0.2) is 0 Å². The number of methoxy groups -OCH3 is 1. The Balaban J connectivity index is 1.34. The molecule has 0 amide bonds. The van der Waals surface area contributed by atoms with Crippen LogP contribution in [0.5, 0.6) is 5.75 Å². The number of anilines is 1. The molecule has 0 aliphatic carbocycles. The Bertz CT molecular complexity index is 808. The predicted molar refractivity (Wildman–Crippen MR) is 99.4 cm³/mol. The summed E-state index contributed by atoms with van der Waals surface area (Å²) in [4.78, 5) is 9.70. The molecular formula is C19H22N3O2S+. The monoisotopic (exact) mass is 356 g/mol. The summed E-state index contributed by atoms with van der Waals surface area (Å²) >= 11 is 1.66. The zero-order valence-electron chi connectivity index (χ0n) is 14.3. The van der Waals surface area contributed by atoms with Crippen LogP contribution in [-0.2, 0) is 6.54 Å². The molecule has 1 fully saturated rings. The zero-order valence-corrected chi connectivity index (χ0v) is 15.1. The first kappa shape index (κ1) is 16.2. The van der Waals surface area contributed by atoms with Gasteiger partial charge in [-0.2, -0.15) is 0 Å². The van der Waals surface area contributed by atoms with Crippen LogP contribution in [-0.4, -0.2) is 38.3 Å². The molecule has 3 heterocycles. The van der Waals surface area contributed by atoms with Gasteiger partial charge in [0, 0.05) is 11.8 Å². The van der Waals surface area contributed by atoms with Crippen LogP contribution in [0, 0.1) is 0 Å². The molecule has 5 nitrogen and oxygen atoms in total. The lowest BCUT2D eigenvalue weighted by atomic mass is 10.2. The number of piperazine rings is 1. The minimum atomic E-state index is 0.736. The highest BCUT2D eigenvalue weighted by Gasteiger charge is 2.22. The number of nitrogens with one attached hydrogen (secondary N) is 1. The van der Waals surface area contributed by atoms with Crippen LogP contribution in [0.4, 0.5) is 5.69 Å². The normalized spacial score (nSPS) is 15.5. The molecule has 6 heteroatoms. The van der Waals surface area contributed by atoms with Gasteiger partial charge < -0.3 is 19.0 Å². The van der Waals surface area contributed by atoms with Crippen molar-refractivity contribution in [1.82, 2.24) is 4.98 Å². The first-order valence-corrected chi connectivity index (χ1v) is 9.40. The fraction of sp³-hybridized carbons (Fsp3) is 0.316. The van der Waals surface area contributed by atoms with Crippen molar-refractivity contribution in [2.45, 2.75) is 6.54 Å². The Morgan fingerprint density at radius 3 is 2.88 bits per heavy atom. The van der Waals surface area contributed by atoms with Gasteiger partial charge in [-0.15, -0.1) is 11.3 Å². The van der Waals surface area contributed by atoms with Gasteiger partial charge in [0.1, 0.15) is 24.3 Å². The van der Waals surface area contributed by atoms with Crippen LogP contribution < -0.4 is 14.5 Å². The third kappa shape index (κ3) is 3.70. The quantitative estimate of drug-likeness (QED) is 0.762. The first-order chi connectivity index (χ1) is 12.3. The Hall–Kier alpha value is -2.31. The molecule has 130 valence electrons. The van der Waals surface area contributed by atoms with Crippen molar-refractivity contribution in [3.8, 4) is 16.5 Å². The SMILES string of the molecule is COc1cccc(N2CC[NH+](Cc3coc(-c4cccs4)n3)CC2)c1. The van der Waals surface area contributed by atoms with Crippen LogP contribution in [0.25, 0.3) is 10.8 Å².